The van der Waals surface area contributed by atoms with Crippen LogP contribution in [-0.4, -0.2) is 14.0 Å². The van der Waals surface area contributed by atoms with E-state index in [4.69, 9.17) is 4.65 Å². The monoisotopic (exact) mass is 248 g/mol. The van der Waals surface area contributed by atoms with Crippen molar-refractivity contribution in [2.45, 2.75) is 70.9 Å². The van der Waals surface area contributed by atoms with E-state index in [-0.39, 0.29) is 0 Å². The second-order valence-corrected chi connectivity index (χ2v) is 7.86. The van der Waals surface area contributed by atoms with Gasteiger partial charge in [-0.25, -0.2) is 0 Å². The number of hydrogen-bond acceptors (Lipinski definition) is 1. The van der Waals surface area contributed by atoms with Gasteiger partial charge in [0.25, 0.3) is 6.92 Å². The molecule has 2 heteroatoms. The second kappa shape index (κ2) is 4.54. The highest BCUT2D eigenvalue weighted by molar-refractivity contribution is 6.55. The highest BCUT2D eigenvalue weighted by Crippen LogP contribution is 2.65. The van der Waals surface area contributed by atoms with Crippen LogP contribution in [0.15, 0.2) is 0 Å². The molecule has 4 saturated carbocycles. The van der Waals surface area contributed by atoms with Gasteiger partial charge in [-0.1, -0.05) is 52.9 Å². The Hall–Kier alpha value is 0.0249. The van der Waals surface area contributed by atoms with Gasteiger partial charge in [-0.2, -0.15) is 0 Å². The molecule has 0 aromatic heterocycles. The van der Waals surface area contributed by atoms with Crippen LogP contribution < -0.4 is 0 Å². The van der Waals surface area contributed by atoms with Gasteiger partial charge in [0.1, 0.15) is 0 Å². The Morgan fingerprint density at radius 3 is 2.28 bits per heavy atom. The van der Waals surface area contributed by atoms with Crippen molar-refractivity contribution in [2.75, 3.05) is 7.11 Å². The van der Waals surface area contributed by atoms with Gasteiger partial charge in [0.05, 0.1) is 0 Å². The van der Waals surface area contributed by atoms with Gasteiger partial charge in [-0.3, -0.25) is 0 Å². The van der Waals surface area contributed by atoms with Crippen LogP contribution in [0.2, 0.25) is 11.6 Å². The molecule has 0 aromatic carbocycles. The normalized spacial score (nSPS) is 42.7. The molecule has 102 valence electrons. The maximum absolute atomic E-state index is 5.98. The minimum Gasteiger partial charge on any atom is -0.438 e. The Balaban J connectivity index is 1.73. The highest BCUT2D eigenvalue weighted by atomic mass is 16.4. The molecule has 0 radical (unpaired) electrons. The molecule has 0 N–H and O–H groups in total. The lowest BCUT2D eigenvalue weighted by molar-refractivity contribution is -0.101. The third-order valence-corrected chi connectivity index (χ3v) is 6.97. The third kappa shape index (κ3) is 1.78. The summed E-state index contributed by atoms with van der Waals surface area (Å²) < 4.78 is 5.98. The van der Waals surface area contributed by atoms with E-state index in [0.29, 0.717) is 12.3 Å². The first-order chi connectivity index (χ1) is 8.55. The van der Waals surface area contributed by atoms with Gasteiger partial charge >= 0.3 is 0 Å². The highest BCUT2D eigenvalue weighted by Gasteiger charge is 2.58. The topological polar surface area (TPSA) is 9.23 Å². The van der Waals surface area contributed by atoms with E-state index in [9.17, 15) is 0 Å². The first-order valence-electron chi connectivity index (χ1n) is 8.08. The molecule has 0 amide bonds. The van der Waals surface area contributed by atoms with Crippen molar-refractivity contribution in [2.24, 2.45) is 23.2 Å². The van der Waals surface area contributed by atoms with E-state index in [1.54, 1.807) is 0 Å². The zero-order valence-electron chi connectivity index (χ0n) is 12.6. The first kappa shape index (κ1) is 13.0. The van der Waals surface area contributed by atoms with E-state index in [2.05, 4.69) is 20.8 Å². The zero-order valence-corrected chi connectivity index (χ0v) is 12.6. The second-order valence-electron chi connectivity index (χ2n) is 7.86. The van der Waals surface area contributed by atoms with Crippen LogP contribution in [-0.2, 0) is 4.65 Å². The molecule has 4 aliphatic carbocycles. The lowest BCUT2D eigenvalue weighted by Crippen LogP contribution is -2.56. The van der Waals surface area contributed by atoms with Gasteiger partial charge < -0.3 is 4.65 Å². The lowest BCUT2D eigenvalue weighted by Gasteiger charge is -2.63. The van der Waals surface area contributed by atoms with Crippen LogP contribution >= 0.6 is 0 Å². The SMILES string of the molecule is COB(C1CCCC1)[C@@H]1C[C@H]2C[C@H]([C@@H]1C)C2(C)C. The lowest BCUT2D eigenvalue weighted by atomic mass is 9.32. The summed E-state index contributed by atoms with van der Waals surface area (Å²) in [5, 5.41) is 0. The fraction of sp³-hybridized carbons (Fsp3) is 1.00. The quantitative estimate of drug-likeness (QED) is 0.661. The average molecular weight is 248 g/mol. The summed E-state index contributed by atoms with van der Waals surface area (Å²) in [5.41, 5.74) is 0.615. The van der Waals surface area contributed by atoms with Crippen molar-refractivity contribution in [1.29, 1.82) is 0 Å². The third-order valence-electron chi connectivity index (χ3n) is 6.97. The summed E-state index contributed by atoms with van der Waals surface area (Å²) in [5.74, 6) is 4.51. The molecular weight excluding hydrogens is 219 g/mol. The van der Waals surface area contributed by atoms with Crippen molar-refractivity contribution < 1.29 is 4.65 Å². The van der Waals surface area contributed by atoms with Crippen LogP contribution in [0, 0.1) is 23.2 Å². The summed E-state index contributed by atoms with van der Waals surface area (Å²) in [7, 11) is 1.96. The van der Waals surface area contributed by atoms with Crippen molar-refractivity contribution in [3.63, 3.8) is 0 Å². The van der Waals surface area contributed by atoms with Gasteiger partial charge in [-0.05, 0) is 41.2 Å². The van der Waals surface area contributed by atoms with Gasteiger partial charge in [0, 0.05) is 7.11 Å². The Morgan fingerprint density at radius 2 is 1.78 bits per heavy atom. The molecule has 0 saturated heterocycles. The molecule has 0 aromatic rings. The maximum atomic E-state index is 5.98. The van der Waals surface area contributed by atoms with Gasteiger partial charge in [0.15, 0.2) is 0 Å². The van der Waals surface area contributed by atoms with Crippen LogP contribution in [0.3, 0.4) is 0 Å². The number of hydrogen-bond donors (Lipinski definition) is 0. The number of rotatable bonds is 3. The molecule has 18 heavy (non-hydrogen) atoms. The molecule has 0 heterocycles. The standard InChI is InChI=1S/C16H29BO/c1-11-14-9-12(16(14,2)3)10-15(11)17(18-4)13-7-5-6-8-13/h11-15H,5-10H2,1-4H3/t11-,12+,14+,15+/m0/s1. The molecule has 4 rings (SSSR count). The fourth-order valence-corrected chi connectivity index (χ4v) is 5.63. The predicted molar refractivity (Wildman–Crippen MR) is 77.9 cm³/mol. The van der Waals surface area contributed by atoms with Crippen LogP contribution in [0.5, 0.6) is 0 Å². The van der Waals surface area contributed by atoms with E-state index >= 15 is 0 Å². The Morgan fingerprint density at radius 1 is 1.11 bits per heavy atom. The fourth-order valence-electron chi connectivity index (χ4n) is 5.63. The summed E-state index contributed by atoms with van der Waals surface area (Å²) in [6, 6.07) is 0. The maximum Gasteiger partial charge on any atom is 0.299 e. The molecule has 0 spiro atoms. The molecule has 1 nitrogen and oxygen atoms in total. The first-order valence-corrected chi connectivity index (χ1v) is 8.08. The molecule has 0 aliphatic heterocycles. The zero-order chi connectivity index (χ0) is 12.9. The van der Waals surface area contributed by atoms with E-state index < -0.39 is 0 Å². The summed E-state index contributed by atoms with van der Waals surface area (Å²) in [4.78, 5) is 0. The van der Waals surface area contributed by atoms with Crippen molar-refractivity contribution in [1.82, 2.24) is 0 Å². The van der Waals surface area contributed by atoms with Gasteiger partial charge in [0.2, 0.25) is 0 Å². The van der Waals surface area contributed by atoms with Crippen molar-refractivity contribution in [3.8, 4) is 0 Å². The Kier molecular flexibility index (Phi) is 3.29. The molecule has 0 unspecified atom stereocenters. The summed E-state index contributed by atoms with van der Waals surface area (Å²) >= 11 is 0. The smallest absolute Gasteiger partial charge is 0.299 e. The minimum absolute atomic E-state index is 0.559. The number of fused-ring (bicyclic) bond motifs is 2. The molecule has 4 fully saturated rings. The molecule has 2 bridgehead atoms. The average Bonchev–Trinajstić information content (AvgIpc) is 2.85. The largest absolute Gasteiger partial charge is 0.438 e. The summed E-state index contributed by atoms with van der Waals surface area (Å²) in [6.45, 7) is 8.06. The van der Waals surface area contributed by atoms with Crippen LogP contribution in [0.25, 0.3) is 0 Å². The van der Waals surface area contributed by atoms with Crippen LogP contribution in [0.1, 0.15) is 59.3 Å². The van der Waals surface area contributed by atoms with E-state index in [0.717, 1.165) is 29.4 Å². The van der Waals surface area contributed by atoms with Crippen LogP contribution in [0.4, 0.5) is 0 Å². The molecule has 4 aliphatic rings. The van der Waals surface area contributed by atoms with E-state index in [1.807, 2.05) is 7.11 Å². The van der Waals surface area contributed by atoms with Crippen molar-refractivity contribution in [3.05, 3.63) is 0 Å². The summed E-state index contributed by atoms with van der Waals surface area (Å²) in [6.07, 6.45) is 8.63. The predicted octanol–water partition coefficient (Wildman–Crippen LogP) is 4.64. The molecular formula is C16H29BO. The Bertz CT molecular complexity index is 308. The Labute approximate surface area is 113 Å². The van der Waals surface area contributed by atoms with Gasteiger partial charge in [-0.15, -0.1) is 0 Å². The van der Waals surface area contributed by atoms with E-state index in [1.165, 1.54) is 38.5 Å². The minimum atomic E-state index is 0.559. The molecule has 4 atom stereocenters. The van der Waals surface area contributed by atoms with Crippen molar-refractivity contribution >= 4 is 6.92 Å².